The maximum Gasteiger partial charge on any atom is 0.230 e. The Labute approximate surface area is 140 Å². The van der Waals surface area contributed by atoms with Crippen molar-refractivity contribution < 1.29 is 19.1 Å². The molecule has 1 amide bonds. The van der Waals surface area contributed by atoms with Crippen LogP contribution in [0, 0.1) is 0 Å². The number of hydrogen-bond acceptors (Lipinski definition) is 4. The molecule has 2 aromatic carbocycles. The van der Waals surface area contributed by atoms with Gasteiger partial charge in [-0.15, -0.1) is 0 Å². The first-order chi connectivity index (χ1) is 11.7. The zero-order chi connectivity index (χ0) is 16.9. The Kier molecular flexibility index (Phi) is 4.79. The van der Waals surface area contributed by atoms with E-state index in [1.165, 1.54) is 0 Å². The number of hydrogen-bond donors (Lipinski definition) is 0. The second-order valence-electron chi connectivity index (χ2n) is 5.51. The van der Waals surface area contributed by atoms with Gasteiger partial charge in [-0.1, -0.05) is 18.2 Å². The van der Waals surface area contributed by atoms with Gasteiger partial charge in [0.15, 0.2) is 5.78 Å². The molecule has 0 saturated heterocycles. The fraction of sp³-hybridized carbons (Fsp3) is 0.263. The van der Waals surface area contributed by atoms with Crippen molar-refractivity contribution in [1.82, 2.24) is 0 Å². The van der Waals surface area contributed by atoms with Gasteiger partial charge in [-0.3, -0.25) is 9.59 Å². The van der Waals surface area contributed by atoms with Gasteiger partial charge in [0, 0.05) is 18.5 Å². The second kappa shape index (κ2) is 7.17. The molecule has 0 atom stereocenters. The molecule has 1 aliphatic heterocycles. The summed E-state index contributed by atoms with van der Waals surface area (Å²) in [5.41, 5.74) is 1.19. The van der Waals surface area contributed by atoms with E-state index in [1.54, 1.807) is 30.2 Å². The van der Waals surface area contributed by atoms with Crippen LogP contribution in [-0.4, -0.2) is 32.0 Å². The number of rotatable bonds is 5. The molecular formula is C19H19NO4. The second-order valence-corrected chi connectivity index (χ2v) is 5.51. The smallest absolute Gasteiger partial charge is 0.230 e. The number of ether oxygens (including phenoxy) is 2. The van der Waals surface area contributed by atoms with E-state index in [-0.39, 0.29) is 18.1 Å². The number of benzene rings is 2. The summed E-state index contributed by atoms with van der Waals surface area (Å²) >= 11 is 0. The summed E-state index contributed by atoms with van der Waals surface area (Å²) in [7, 11) is 1.55. The predicted molar refractivity (Wildman–Crippen MR) is 90.8 cm³/mol. The normalized spacial score (nSPS) is 13.4. The molecule has 0 saturated carbocycles. The molecule has 2 aromatic rings. The van der Waals surface area contributed by atoms with Crippen LogP contribution in [0.3, 0.4) is 0 Å². The first kappa shape index (κ1) is 16.1. The van der Waals surface area contributed by atoms with Crippen LogP contribution < -0.4 is 14.4 Å². The number of Topliss-reactive ketones (excluding diaryl/α,β-unsaturated/α-hetero) is 1. The molecular weight excluding hydrogens is 306 g/mol. The zero-order valence-corrected chi connectivity index (χ0v) is 13.5. The summed E-state index contributed by atoms with van der Waals surface area (Å²) in [5.74, 6) is 1.34. The summed E-state index contributed by atoms with van der Waals surface area (Å²) in [4.78, 5) is 26.3. The largest absolute Gasteiger partial charge is 0.497 e. The van der Waals surface area contributed by atoms with Crippen molar-refractivity contribution in [3.05, 3.63) is 54.1 Å². The standard InChI is InChI=1S/C19H19NO4/c1-23-15-7-8-17-16(13-15)18(21)9-11-20(17)19(22)10-12-24-14-5-3-2-4-6-14/h2-8,13H,9-12H2,1H3. The lowest BCUT2D eigenvalue weighted by atomic mass is 9.99. The van der Waals surface area contributed by atoms with Crippen molar-refractivity contribution in [1.29, 1.82) is 0 Å². The van der Waals surface area contributed by atoms with Crippen LogP contribution >= 0.6 is 0 Å². The number of fused-ring (bicyclic) bond motifs is 1. The van der Waals surface area contributed by atoms with Gasteiger partial charge in [0.05, 0.1) is 25.8 Å². The molecule has 3 rings (SSSR count). The lowest BCUT2D eigenvalue weighted by Crippen LogP contribution is -2.38. The van der Waals surface area contributed by atoms with E-state index in [2.05, 4.69) is 0 Å². The van der Waals surface area contributed by atoms with Crippen LogP contribution in [0.5, 0.6) is 11.5 Å². The third-order valence-electron chi connectivity index (χ3n) is 3.99. The van der Waals surface area contributed by atoms with Crippen molar-refractivity contribution in [2.75, 3.05) is 25.2 Å². The van der Waals surface area contributed by atoms with Gasteiger partial charge in [-0.05, 0) is 30.3 Å². The fourth-order valence-corrected chi connectivity index (χ4v) is 2.74. The predicted octanol–water partition coefficient (Wildman–Crippen LogP) is 3.08. The molecule has 0 aliphatic carbocycles. The molecule has 1 heterocycles. The molecule has 0 spiro atoms. The van der Waals surface area contributed by atoms with E-state index in [0.717, 1.165) is 5.75 Å². The van der Waals surface area contributed by atoms with Gasteiger partial charge in [-0.25, -0.2) is 0 Å². The number of amides is 1. The van der Waals surface area contributed by atoms with E-state index < -0.39 is 0 Å². The van der Waals surface area contributed by atoms with Crippen LogP contribution in [0.1, 0.15) is 23.2 Å². The van der Waals surface area contributed by atoms with Gasteiger partial charge >= 0.3 is 0 Å². The molecule has 5 heteroatoms. The monoisotopic (exact) mass is 325 g/mol. The van der Waals surface area contributed by atoms with E-state index >= 15 is 0 Å². The first-order valence-corrected chi connectivity index (χ1v) is 7.88. The molecule has 0 aromatic heterocycles. The number of methoxy groups -OCH3 is 1. The average molecular weight is 325 g/mol. The molecule has 0 fully saturated rings. The Balaban J connectivity index is 1.68. The Morgan fingerprint density at radius 1 is 1.12 bits per heavy atom. The molecule has 0 N–H and O–H groups in total. The van der Waals surface area contributed by atoms with Crippen molar-refractivity contribution >= 4 is 17.4 Å². The van der Waals surface area contributed by atoms with Gasteiger partial charge in [0.25, 0.3) is 0 Å². The van der Waals surface area contributed by atoms with Crippen LogP contribution in [-0.2, 0) is 4.79 Å². The molecule has 0 radical (unpaired) electrons. The van der Waals surface area contributed by atoms with Gasteiger partial charge in [0.2, 0.25) is 5.91 Å². The van der Waals surface area contributed by atoms with Gasteiger partial charge in [-0.2, -0.15) is 0 Å². The molecule has 124 valence electrons. The maximum absolute atomic E-state index is 12.5. The third kappa shape index (κ3) is 3.40. The summed E-state index contributed by atoms with van der Waals surface area (Å²) in [6.07, 6.45) is 0.583. The molecule has 0 unspecified atom stereocenters. The SMILES string of the molecule is COc1ccc2c(c1)C(=O)CCN2C(=O)CCOc1ccccc1. The van der Waals surface area contributed by atoms with E-state index in [9.17, 15) is 9.59 Å². The quantitative estimate of drug-likeness (QED) is 0.848. The van der Waals surface area contributed by atoms with Gasteiger partial charge < -0.3 is 14.4 Å². The first-order valence-electron chi connectivity index (χ1n) is 7.88. The minimum Gasteiger partial charge on any atom is -0.497 e. The van der Waals surface area contributed by atoms with Crippen LogP contribution in [0.2, 0.25) is 0 Å². The number of carbonyl (C=O) groups excluding carboxylic acids is 2. The fourth-order valence-electron chi connectivity index (χ4n) is 2.74. The summed E-state index contributed by atoms with van der Waals surface area (Å²) in [6.45, 7) is 0.709. The van der Waals surface area contributed by atoms with Crippen LogP contribution in [0.4, 0.5) is 5.69 Å². The number of para-hydroxylation sites is 1. The number of carbonyl (C=O) groups is 2. The lowest BCUT2D eigenvalue weighted by Gasteiger charge is -2.29. The Morgan fingerprint density at radius 3 is 2.67 bits per heavy atom. The minimum absolute atomic E-state index is 0.0356. The third-order valence-corrected chi connectivity index (χ3v) is 3.99. The van der Waals surface area contributed by atoms with E-state index in [0.29, 0.717) is 36.6 Å². The number of ketones is 1. The van der Waals surface area contributed by atoms with Crippen molar-refractivity contribution in [3.63, 3.8) is 0 Å². The summed E-state index contributed by atoms with van der Waals surface area (Å²) < 4.78 is 10.7. The Hall–Kier alpha value is -2.82. The highest BCUT2D eigenvalue weighted by atomic mass is 16.5. The summed E-state index contributed by atoms with van der Waals surface area (Å²) in [6, 6.07) is 14.6. The highest BCUT2D eigenvalue weighted by molar-refractivity contribution is 6.09. The van der Waals surface area contributed by atoms with E-state index in [1.807, 2.05) is 30.3 Å². The topological polar surface area (TPSA) is 55.8 Å². The maximum atomic E-state index is 12.5. The molecule has 24 heavy (non-hydrogen) atoms. The van der Waals surface area contributed by atoms with Crippen LogP contribution in [0.15, 0.2) is 48.5 Å². The Morgan fingerprint density at radius 2 is 1.92 bits per heavy atom. The summed E-state index contributed by atoms with van der Waals surface area (Å²) in [5, 5.41) is 0. The molecule has 0 bridgehead atoms. The zero-order valence-electron chi connectivity index (χ0n) is 13.5. The Bertz CT molecular complexity index is 742. The average Bonchev–Trinajstić information content (AvgIpc) is 2.62. The highest BCUT2D eigenvalue weighted by Crippen LogP contribution is 2.30. The van der Waals surface area contributed by atoms with Crippen LogP contribution in [0.25, 0.3) is 0 Å². The van der Waals surface area contributed by atoms with Crippen molar-refractivity contribution in [3.8, 4) is 11.5 Å². The highest BCUT2D eigenvalue weighted by Gasteiger charge is 2.27. The number of nitrogens with zero attached hydrogens (tertiary/aromatic N) is 1. The minimum atomic E-state index is -0.0511. The molecule has 1 aliphatic rings. The van der Waals surface area contributed by atoms with E-state index in [4.69, 9.17) is 9.47 Å². The molecule has 5 nitrogen and oxygen atoms in total. The van der Waals surface area contributed by atoms with Gasteiger partial charge in [0.1, 0.15) is 11.5 Å². The van der Waals surface area contributed by atoms with Crippen molar-refractivity contribution in [2.24, 2.45) is 0 Å². The lowest BCUT2D eigenvalue weighted by molar-refractivity contribution is -0.119. The van der Waals surface area contributed by atoms with Crippen molar-refractivity contribution in [2.45, 2.75) is 12.8 Å². The number of anilines is 1.